The second-order valence-electron chi connectivity index (χ2n) is 7.52. The third-order valence-electron chi connectivity index (χ3n) is 4.04. The fourth-order valence-electron chi connectivity index (χ4n) is 2.49. The molecule has 2 aromatic rings. The molecule has 0 spiro atoms. The zero-order valence-electron chi connectivity index (χ0n) is 17.5. The Balaban J connectivity index is 0.000000280. The van der Waals surface area contributed by atoms with Gasteiger partial charge in [0.15, 0.2) is 11.5 Å². The lowest BCUT2D eigenvalue weighted by atomic mass is 10.1. The van der Waals surface area contributed by atoms with Crippen molar-refractivity contribution in [3.63, 3.8) is 0 Å². The number of ketones is 1. The molecule has 0 amide bonds. The van der Waals surface area contributed by atoms with Crippen LogP contribution < -0.4 is 0 Å². The summed E-state index contributed by atoms with van der Waals surface area (Å²) in [5.41, 5.74) is 3.82. The van der Waals surface area contributed by atoms with E-state index in [9.17, 15) is 9.59 Å². The summed E-state index contributed by atoms with van der Waals surface area (Å²) in [5.74, 6) is -0.226. The van der Waals surface area contributed by atoms with Crippen molar-refractivity contribution >= 4 is 11.8 Å². The zero-order valence-corrected chi connectivity index (χ0v) is 17.5. The topological polar surface area (TPSA) is 112 Å². The average Bonchev–Trinajstić information content (AvgIpc) is 3.24. The van der Waals surface area contributed by atoms with E-state index in [-0.39, 0.29) is 11.5 Å². The minimum absolute atomic E-state index is 0.0244. The number of aryl methyl sites for hydroxylation is 2. The summed E-state index contributed by atoms with van der Waals surface area (Å²) in [6.07, 6.45) is 7.17. The number of aromatic nitrogens is 4. The number of allylic oxidation sites excluding steroid dienone is 2. The number of carboxylic acids is 1. The first-order valence-electron chi connectivity index (χ1n) is 9.65. The van der Waals surface area contributed by atoms with Gasteiger partial charge in [-0.25, -0.2) is 4.79 Å². The molecule has 0 unspecified atom stereocenters. The highest BCUT2D eigenvalue weighted by molar-refractivity contribution is 5.92. The molecule has 0 saturated heterocycles. The van der Waals surface area contributed by atoms with E-state index in [0.29, 0.717) is 5.69 Å². The molecule has 0 aliphatic rings. The van der Waals surface area contributed by atoms with Crippen LogP contribution in [0.1, 0.15) is 86.2 Å². The van der Waals surface area contributed by atoms with Crippen molar-refractivity contribution in [3.8, 4) is 0 Å². The minimum atomic E-state index is -0.991. The Labute approximate surface area is 166 Å². The molecule has 0 aliphatic carbocycles. The number of aromatic amines is 2. The maximum Gasteiger partial charge on any atom is 0.356 e. The van der Waals surface area contributed by atoms with Crippen molar-refractivity contribution < 1.29 is 14.7 Å². The van der Waals surface area contributed by atoms with E-state index in [1.807, 2.05) is 19.9 Å². The van der Waals surface area contributed by atoms with Crippen LogP contribution in [-0.4, -0.2) is 37.3 Å². The van der Waals surface area contributed by atoms with Crippen molar-refractivity contribution in [2.75, 3.05) is 0 Å². The van der Waals surface area contributed by atoms with Gasteiger partial charge < -0.3 is 5.11 Å². The number of hydrogen-bond donors (Lipinski definition) is 3. The fraction of sp³-hybridized carbons (Fsp3) is 0.524. The van der Waals surface area contributed by atoms with E-state index < -0.39 is 5.97 Å². The Morgan fingerprint density at radius 3 is 2.07 bits per heavy atom. The number of carbonyl (C=O) groups is 2. The van der Waals surface area contributed by atoms with Gasteiger partial charge in [0.1, 0.15) is 5.69 Å². The molecule has 2 rings (SSSR count). The number of carboxylic acid groups (broad SMARTS) is 1. The normalized spacial score (nSPS) is 10.4. The molecule has 0 atom stereocenters. The molecule has 2 heterocycles. The van der Waals surface area contributed by atoms with Gasteiger partial charge in [-0.3, -0.25) is 15.0 Å². The largest absolute Gasteiger partial charge is 0.476 e. The van der Waals surface area contributed by atoms with Crippen LogP contribution in [0, 0.1) is 5.92 Å². The maximum atomic E-state index is 11.0. The zero-order chi connectivity index (χ0) is 21.1. The Morgan fingerprint density at radius 2 is 1.61 bits per heavy atom. The molecule has 7 heteroatoms. The molecule has 154 valence electrons. The van der Waals surface area contributed by atoms with Gasteiger partial charge >= 0.3 is 5.97 Å². The van der Waals surface area contributed by atoms with Crippen LogP contribution in [0.2, 0.25) is 0 Å². The van der Waals surface area contributed by atoms with Crippen LogP contribution in [0.25, 0.3) is 0 Å². The van der Waals surface area contributed by atoms with Gasteiger partial charge in [-0.2, -0.15) is 10.2 Å². The van der Waals surface area contributed by atoms with Crippen molar-refractivity contribution in [1.82, 2.24) is 20.4 Å². The molecule has 2 aromatic heterocycles. The number of nitrogens with zero attached hydrogens (tertiary/aromatic N) is 2. The smallest absolute Gasteiger partial charge is 0.356 e. The highest BCUT2D eigenvalue weighted by Crippen LogP contribution is 2.09. The Bertz CT molecular complexity index is 783. The lowest BCUT2D eigenvalue weighted by molar-refractivity contribution is 0.0690. The molecule has 3 N–H and O–H groups in total. The summed E-state index contributed by atoms with van der Waals surface area (Å²) < 4.78 is 0. The molecule has 28 heavy (non-hydrogen) atoms. The first-order chi connectivity index (χ1) is 13.2. The molecule has 0 saturated carbocycles. The highest BCUT2D eigenvalue weighted by Gasteiger charge is 2.07. The number of H-pyrrole nitrogens is 2. The first kappa shape index (κ1) is 23.3. The Kier molecular flexibility index (Phi) is 9.92. The third-order valence-corrected chi connectivity index (χ3v) is 4.04. The first-order valence-corrected chi connectivity index (χ1v) is 9.65. The maximum absolute atomic E-state index is 11.0. The van der Waals surface area contributed by atoms with Crippen LogP contribution >= 0.6 is 0 Å². The number of carbonyl (C=O) groups excluding carboxylic acids is 1. The highest BCUT2D eigenvalue weighted by atomic mass is 16.4. The van der Waals surface area contributed by atoms with Gasteiger partial charge in [0.05, 0.1) is 0 Å². The van der Waals surface area contributed by atoms with Crippen LogP contribution in [0.5, 0.6) is 0 Å². The standard InChI is InChI=1S/C11H18N2O.C10H14N2O2/c1-8(2)5-4-6-10-7-11(9(3)14)13-12-10;1-7(2)4-3-5-8-6-9(10(13)14)12-11-8/h7-8H,4-6H2,1-3H3,(H,12,13);4,6H,3,5H2,1-2H3,(H,11,12)(H,13,14). The summed E-state index contributed by atoms with van der Waals surface area (Å²) in [6, 6.07) is 3.42. The summed E-state index contributed by atoms with van der Waals surface area (Å²) >= 11 is 0. The second kappa shape index (κ2) is 11.9. The monoisotopic (exact) mass is 388 g/mol. The number of hydrogen-bond acceptors (Lipinski definition) is 4. The number of nitrogens with one attached hydrogen (secondary N) is 2. The lowest BCUT2D eigenvalue weighted by Gasteiger charge is -2.01. The average molecular weight is 389 g/mol. The summed E-state index contributed by atoms with van der Waals surface area (Å²) in [6.45, 7) is 10.0. The van der Waals surface area contributed by atoms with E-state index in [4.69, 9.17) is 5.11 Å². The Morgan fingerprint density at radius 1 is 1.04 bits per heavy atom. The molecule has 0 radical (unpaired) electrons. The number of Topliss-reactive ketones (excluding diaryl/α,β-unsaturated/α-hetero) is 1. The van der Waals surface area contributed by atoms with E-state index in [0.717, 1.165) is 43.0 Å². The van der Waals surface area contributed by atoms with Crippen LogP contribution in [0.15, 0.2) is 23.8 Å². The van der Waals surface area contributed by atoms with Crippen LogP contribution in [-0.2, 0) is 12.8 Å². The van der Waals surface area contributed by atoms with Gasteiger partial charge in [-0.1, -0.05) is 31.9 Å². The van der Waals surface area contributed by atoms with Gasteiger partial charge in [0.25, 0.3) is 0 Å². The van der Waals surface area contributed by atoms with Gasteiger partial charge in [-0.05, 0) is 57.6 Å². The predicted molar refractivity (Wildman–Crippen MR) is 110 cm³/mol. The number of aromatic carboxylic acids is 1. The van der Waals surface area contributed by atoms with Crippen LogP contribution in [0.4, 0.5) is 0 Å². The SMILES string of the molecule is CC(=O)c1cc(CCCC(C)C)[nH]n1.CC(C)=CCCc1cc(C(=O)O)n[nH]1. The lowest BCUT2D eigenvalue weighted by Crippen LogP contribution is -1.95. The third kappa shape index (κ3) is 9.30. The van der Waals surface area contributed by atoms with Crippen molar-refractivity contribution in [3.05, 3.63) is 46.6 Å². The molecule has 7 nitrogen and oxygen atoms in total. The van der Waals surface area contributed by atoms with E-state index in [1.54, 1.807) is 6.07 Å². The summed E-state index contributed by atoms with van der Waals surface area (Å²) in [5, 5.41) is 21.8. The van der Waals surface area contributed by atoms with Crippen molar-refractivity contribution in [2.45, 2.75) is 66.7 Å². The predicted octanol–water partition coefficient (Wildman–Crippen LogP) is 4.60. The van der Waals surface area contributed by atoms with E-state index >= 15 is 0 Å². The van der Waals surface area contributed by atoms with Crippen molar-refractivity contribution in [1.29, 1.82) is 0 Å². The molecular formula is C21H32N4O3. The molecule has 0 fully saturated rings. The Hall–Kier alpha value is -2.70. The molecular weight excluding hydrogens is 356 g/mol. The summed E-state index contributed by atoms with van der Waals surface area (Å²) in [4.78, 5) is 21.5. The second-order valence-corrected chi connectivity index (χ2v) is 7.52. The van der Waals surface area contributed by atoms with E-state index in [2.05, 4.69) is 40.3 Å². The van der Waals surface area contributed by atoms with Gasteiger partial charge in [0, 0.05) is 18.3 Å². The van der Waals surface area contributed by atoms with Crippen molar-refractivity contribution in [2.24, 2.45) is 5.92 Å². The summed E-state index contributed by atoms with van der Waals surface area (Å²) in [7, 11) is 0. The van der Waals surface area contributed by atoms with E-state index in [1.165, 1.54) is 18.9 Å². The minimum Gasteiger partial charge on any atom is -0.476 e. The fourth-order valence-corrected chi connectivity index (χ4v) is 2.49. The van der Waals surface area contributed by atoms with Gasteiger partial charge in [0.2, 0.25) is 0 Å². The quantitative estimate of drug-likeness (QED) is 0.429. The molecule has 0 bridgehead atoms. The van der Waals surface area contributed by atoms with Crippen LogP contribution in [0.3, 0.4) is 0 Å². The molecule has 0 aliphatic heterocycles. The van der Waals surface area contributed by atoms with Gasteiger partial charge in [-0.15, -0.1) is 0 Å². The number of rotatable bonds is 9. The molecule has 0 aromatic carbocycles.